The van der Waals surface area contributed by atoms with E-state index < -0.39 is 11.7 Å². The SMILES string of the molecule is CCCOc1cc(C(F)(F)F)ccc1I. The summed E-state index contributed by atoms with van der Waals surface area (Å²) in [5.41, 5.74) is -0.672. The molecule has 0 heterocycles. The summed E-state index contributed by atoms with van der Waals surface area (Å²) in [4.78, 5) is 0. The zero-order valence-corrected chi connectivity index (χ0v) is 10.2. The first-order chi connectivity index (χ1) is 6.95. The Kier molecular flexibility index (Phi) is 4.24. The van der Waals surface area contributed by atoms with E-state index in [1.807, 2.05) is 29.5 Å². The van der Waals surface area contributed by atoms with Crippen LogP contribution in [-0.4, -0.2) is 6.61 Å². The van der Waals surface area contributed by atoms with Crippen molar-refractivity contribution in [2.24, 2.45) is 0 Å². The van der Waals surface area contributed by atoms with Crippen LogP contribution >= 0.6 is 22.6 Å². The zero-order valence-electron chi connectivity index (χ0n) is 8.07. The molecule has 0 aliphatic heterocycles. The van der Waals surface area contributed by atoms with Crippen LogP contribution in [0.5, 0.6) is 5.75 Å². The number of alkyl halides is 3. The maximum absolute atomic E-state index is 12.4. The van der Waals surface area contributed by atoms with Gasteiger partial charge in [0.1, 0.15) is 5.75 Å². The van der Waals surface area contributed by atoms with Gasteiger partial charge in [0.05, 0.1) is 15.7 Å². The first kappa shape index (κ1) is 12.6. The molecule has 5 heteroatoms. The van der Waals surface area contributed by atoms with E-state index in [0.717, 1.165) is 18.6 Å². The molecule has 0 N–H and O–H groups in total. The van der Waals surface area contributed by atoms with Gasteiger partial charge >= 0.3 is 6.18 Å². The molecule has 0 spiro atoms. The molecule has 1 aromatic carbocycles. The van der Waals surface area contributed by atoms with Crippen LogP contribution in [0.15, 0.2) is 18.2 Å². The maximum atomic E-state index is 12.4. The van der Waals surface area contributed by atoms with Crippen molar-refractivity contribution in [3.8, 4) is 5.75 Å². The number of ether oxygens (including phenoxy) is 1. The van der Waals surface area contributed by atoms with Crippen molar-refractivity contribution < 1.29 is 17.9 Å². The van der Waals surface area contributed by atoms with E-state index in [1.54, 1.807) is 0 Å². The van der Waals surface area contributed by atoms with E-state index in [-0.39, 0.29) is 0 Å². The summed E-state index contributed by atoms with van der Waals surface area (Å²) >= 11 is 1.95. The Morgan fingerprint density at radius 1 is 1.33 bits per heavy atom. The Morgan fingerprint density at radius 2 is 2.00 bits per heavy atom. The molecule has 84 valence electrons. The van der Waals surface area contributed by atoms with Crippen molar-refractivity contribution in [2.45, 2.75) is 19.5 Å². The van der Waals surface area contributed by atoms with Gasteiger partial charge < -0.3 is 4.74 Å². The minimum Gasteiger partial charge on any atom is -0.492 e. The molecule has 0 bridgehead atoms. The third-order valence-electron chi connectivity index (χ3n) is 1.72. The van der Waals surface area contributed by atoms with Crippen LogP contribution in [0, 0.1) is 3.57 Å². The molecule has 1 nitrogen and oxygen atoms in total. The highest BCUT2D eigenvalue weighted by atomic mass is 127. The summed E-state index contributed by atoms with van der Waals surface area (Å²) < 4.78 is 43.0. The van der Waals surface area contributed by atoms with E-state index in [9.17, 15) is 13.2 Å². The number of benzene rings is 1. The van der Waals surface area contributed by atoms with E-state index in [1.165, 1.54) is 6.07 Å². The summed E-state index contributed by atoms with van der Waals surface area (Å²) in [5.74, 6) is 0.298. The van der Waals surface area contributed by atoms with Crippen molar-refractivity contribution in [1.82, 2.24) is 0 Å². The fraction of sp³-hybridized carbons (Fsp3) is 0.400. The molecule has 0 unspecified atom stereocenters. The number of halogens is 4. The Balaban J connectivity index is 2.95. The summed E-state index contributed by atoms with van der Waals surface area (Å²) in [6.07, 6.45) is -3.54. The highest BCUT2D eigenvalue weighted by Crippen LogP contribution is 2.33. The standard InChI is InChI=1S/C10H10F3IO/c1-2-5-15-9-6-7(10(11,12)13)3-4-8(9)14/h3-4,6H,2,5H2,1H3. The third-order valence-corrected chi connectivity index (χ3v) is 2.61. The molecule has 0 saturated carbocycles. The van der Waals surface area contributed by atoms with Gasteiger partial charge in [-0.3, -0.25) is 0 Å². The lowest BCUT2D eigenvalue weighted by Gasteiger charge is -2.11. The van der Waals surface area contributed by atoms with Gasteiger partial charge in [0, 0.05) is 0 Å². The first-order valence-corrected chi connectivity index (χ1v) is 5.52. The summed E-state index contributed by atoms with van der Waals surface area (Å²) in [6.45, 7) is 2.33. The van der Waals surface area contributed by atoms with Crippen LogP contribution in [-0.2, 0) is 6.18 Å². The van der Waals surface area contributed by atoms with Gasteiger partial charge in [-0.15, -0.1) is 0 Å². The molecule has 0 saturated heterocycles. The Morgan fingerprint density at radius 3 is 2.53 bits per heavy atom. The minimum absolute atomic E-state index is 0.298. The molecule has 1 aromatic rings. The van der Waals surface area contributed by atoms with Gasteiger partial charge in [0.25, 0.3) is 0 Å². The molecule has 0 aromatic heterocycles. The molecule has 1 rings (SSSR count). The number of hydrogen-bond acceptors (Lipinski definition) is 1. The molecule has 0 amide bonds. The van der Waals surface area contributed by atoms with Crippen molar-refractivity contribution in [1.29, 1.82) is 0 Å². The van der Waals surface area contributed by atoms with Crippen LogP contribution < -0.4 is 4.74 Å². The van der Waals surface area contributed by atoms with Gasteiger partial charge in [-0.1, -0.05) is 6.92 Å². The fourth-order valence-electron chi connectivity index (χ4n) is 1.00. The van der Waals surface area contributed by atoms with E-state index >= 15 is 0 Å². The van der Waals surface area contributed by atoms with Crippen molar-refractivity contribution >= 4 is 22.6 Å². The van der Waals surface area contributed by atoms with Gasteiger partial charge in [0.2, 0.25) is 0 Å². The average Bonchev–Trinajstić information content (AvgIpc) is 2.15. The average molecular weight is 330 g/mol. The summed E-state index contributed by atoms with van der Waals surface area (Å²) in [6, 6.07) is 3.51. The topological polar surface area (TPSA) is 9.23 Å². The number of hydrogen-bond donors (Lipinski definition) is 0. The molecule has 0 aliphatic rings. The molecular formula is C10H10F3IO. The second kappa shape index (κ2) is 5.05. The Hall–Kier alpha value is -0.460. The quantitative estimate of drug-likeness (QED) is 0.759. The molecule has 15 heavy (non-hydrogen) atoms. The Labute approximate surface area is 99.8 Å². The molecule has 0 atom stereocenters. The van der Waals surface area contributed by atoms with E-state index in [4.69, 9.17) is 4.74 Å². The molecular weight excluding hydrogens is 320 g/mol. The lowest BCUT2D eigenvalue weighted by Crippen LogP contribution is -2.06. The normalized spacial score (nSPS) is 11.5. The highest BCUT2D eigenvalue weighted by molar-refractivity contribution is 14.1. The van der Waals surface area contributed by atoms with Gasteiger partial charge in [-0.25, -0.2) is 0 Å². The predicted octanol–water partition coefficient (Wildman–Crippen LogP) is 4.10. The minimum atomic E-state index is -4.31. The highest BCUT2D eigenvalue weighted by Gasteiger charge is 2.31. The third kappa shape index (κ3) is 3.55. The molecule has 0 radical (unpaired) electrons. The van der Waals surface area contributed by atoms with Crippen molar-refractivity contribution in [3.63, 3.8) is 0 Å². The van der Waals surface area contributed by atoms with Gasteiger partial charge in [-0.2, -0.15) is 13.2 Å². The maximum Gasteiger partial charge on any atom is 0.416 e. The second-order valence-corrected chi connectivity index (χ2v) is 4.15. The predicted molar refractivity (Wildman–Crippen MR) is 59.9 cm³/mol. The Bertz CT molecular complexity index is 336. The smallest absolute Gasteiger partial charge is 0.416 e. The monoisotopic (exact) mass is 330 g/mol. The first-order valence-electron chi connectivity index (χ1n) is 4.44. The molecule has 0 fully saturated rings. The second-order valence-electron chi connectivity index (χ2n) is 2.99. The van der Waals surface area contributed by atoms with Crippen LogP contribution in [0.1, 0.15) is 18.9 Å². The van der Waals surface area contributed by atoms with E-state index in [0.29, 0.717) is 15.9 Å². The van der Waals surface area contributed by atoms with Crippen molar-refractivity contribution in [2.75, 3.05) is 6.61 Å². The van der Waals surface area contributed by atoms with E-state index in [2.05, 4.69) is 0 Å². The van der Waals surface area contributed by atoms with Crippen LogP contribution in [0.4, 0.5) is 13.2 Å². The largest absolute Gasteiger partial charge is 0.492 e. The van der Waals surface area contributed by atoms with Crippen LogP contribution in [0.2, 0.25) is 0 Å². The van der Waals surface area contributed by atoms with Crippen LogP contribution in [0.25, 0.3) is 0 Å². The van der Waals surface area contributed by atoms with Crippen LogP contribution in [0.3, 0.4) is 0 Å². The lowest BCUT2D eigenvalue weighted by atomic mass is 10.2. The summed E-state index contributed by atoms with van der Waals surface area (Å²) in [5, 5.41) is 0. The fourth-order valence-corrected chi connectivity index (χ4v) is 1.49. The number of rotatable bonds is 3. The van der Waals surface area contributed by atoms with Gasteiger partial charge in [-0.05, 0) is 47.2 Å². The summed E-state index contributed by atoms with van der Waals surface area (Å²) in [7, 11) is 0. The lowest BCUT2D eigenvalue weighted by molar-refractivity contribution is -0.137. The van der Waals surface area contributed by atoms with Crippen molar-refractivity contribution in [3.05, 3.63) is 27.3 Å². The van der Waals surface area contributed by atoms with Gasteiger partial charge in [0.15, 0.2) is 0 Å². The zero-order chi connectivity index (χ0) is 11.5. The molecule has 0 aliphatic carbocycles.